The molecular weight excluding hydrogens is 278 g/mol. The largest absolute Gasteiger partial charge is 0.468 e. The molecule has 0 bridgehead atoms. The highest BCUT2D eigenvalue weighted by Gasteiger charge is 2.23. The first-order valence-electron chi connectivity index (χ1n) is 6.35. The molecule has 0 amide bonds. The van der Waals surface area contributed by atoms with Gasteiger partial charge in [-0.05, 0) is 18.8 Å². The first-order valence-corrected chi connectivity index (χ1v) is 7.34. The number of nitrogens with zero attached hydrogens (tertiary/aromatic N) is 4. The van der Waals surface area contributed by atoms with Crippen molar-refractivity contribution in [1.29, 1.82) is 0 Å². The predicted octanol–water partition coefficient (Wildman–Crippen LogP) is 1.08. The van der Waals surface area contributed by atoms with Crippen LogP contribution in [-0.4, -0.2) is 38.4 Å². The van der Waals surface area contributed by atoms with Gasteiger partial charge in [-0.1, -0.05) is 11.8 Å². The molecule has 2 heterocycles. The van der Waals surface area contributed by atoms with Crippen LogP contribution in [0.5, 0.6) is 0 Å². The highest BCUT2D eigenvalue weighted by molar-refractivity contribution is 8.00. The molecule has 0 aliphatic heterocycles. The minimum Gasteiger partial charge on any atom is -0.468 e. The van der Waals surface area contributed by atoms with Crippen LogP contribution in [0.15, 0.2) is 11.4 Å². The van der Waals surface area contributed by atoms with Crippen molar-refractivity contribution >= 4 is 34.8 Å². The van der Waals surface area contributed by atoms with Crippen LogP contribution in [0.4, 0.5) is 5.95 Å². The Bertz CT molecular complexity index is 653. The van der Waals surface area contributed by atoms with E-state index in [-0.39, 0.29) is 17.7 Å². The average Bonchev–Trinajstić information content (AvgIpc) is 3.17. The predicted molar refractivity (Wildman–Crippen MR) is 75.2 cm³/mol. The van der Waals surface area contributed by atoms with Gasteiger partial charge in [-0.2, -0.15) is 4.98 Å². The molecule has 20 heavy (non-hydrogen) atoms. The average molecular weight is 293 g/mol. The summed E-state index contributed by atoms with van der Waals surface area (Å²) in [4.78, 5) is 24.0. The highest BCUT2D eigenvalue weighted by atomic mass is 32.2. The highest BCUT2D eigenvalue weighted by Crippen LogP contribution is 2.32. The molecule has 7 nitrogen and oxygen atoms in total. The molecule has 1 saturated carbocycles. The third-order valence-electron chi connectivity index (χ3n) is 3.16. The van der Waals surface area contributed by atoms with Crippen LogP contribution < -0.4 is 5.73 Å². The van der Waals surface area contributed by atoms with Gasteiger partial charge < -0.3 is 15.0 Å². The van der Waals surface area contributed by atoms with Crippen LogP contribution in [0.3, 0.4) is 0 Å². The first-order chi connectivity index (χ1) is 9.67. The van der Waals surface area contributed by atoms with Crippen molar-refractivity contribution in [3.8, 4) is 0 Å². The molecule has 0 aromatic carbocycles. The van der Waals surface area contributed by atoms with Crippen molar-refractivity contribution in [3.05, 3.63) is 6.33 Å². The maximum atomic E-state index is 11.2. The number of anilines is 1. The molecule has 2 N–H and O–H groups in total. The second-order valence-electron chi connectivity index (χ2n) is 4.76. The van der Waals surface area contributed by atoms with Crippen molar-refractivity contribution in [1.82, 2.24) is 19.5 Å². The molecular formula is C12H15N5O2S. The van der Waals surface area contributed by atoms with Gasteiger partial charge in [-0.3, -0.25) is 4.79 Å². The second-order valence-corrected chi connectivity index (χ2v) is 5.73. The molecule has 0 unspecified atom stereocenters. The van der Waals surface area contributed by atoms with E-state index in [1.54, 1.807) is 6.33 Å². The molecule has 3 rings (SSSR count). The van der Waals surface area contributed by atoms with Gasteiger partial charge in [0.05, 0.1) is 19.2 Å². The Morgan fingerprint density at radius 1 is 1.55 bits per heavy atom. The standard InChI is InChI=1S/C12H15N5O2S/c1-19-8(18)5-20-11-9-10(15-12(13)16-11)17(6-14-9)4-7-2-3-7/h6-7H,2-5H2,1H3,(H2,13,15,16). The Kier molecular flexibility index (Phi) is 3.47. The molecule has 8 heteroatoms. The molecule has 106 valence electrons. The first kappa shape index (κ1) is 13.2. The lowest BCUT2D eigenvalue weighted by Gasteiger charge is -2.04. The molecule has 2 aromatic rings. The number of aromatic nitrogens is 4. The van der Waals surface area contributed by atoms with Crippen LogP contribution in [-0.2, 0) is 16.1 Å². The lowest BCUT2D eigenvalue weighted by Crippen LogP contribution is -2.05. The quantitative estimate of drug-likeness (QED) is 0.500. The van der Waals surface area contributed by atoms with Crippen molar-refractivity contribution in [2.75, 3.05) is 18.6 Å². The van der Waals surface area contributed by atoms with Gasteiger partial charge in [0.1, 0.15) is 10.5 Å². The zero-order chi connectivity index (χ0) is 14.1. The normalized spacial score (nSPS) is 14.7. The number of hydrogen-bond acceptors (Lipinski definition) is 7. The van der Waals surface area contributed by atoms with E-state index in [0.29, 0.717) is 10.5 Å². The molecule has 0 atom stereocenters. The van der Waals surface area contributed by atoms with Gasteiger partial charge in [-0.15, -0.1) is 0 Å². The van der Waals surface area contributed by atoms with E-state index in [1.807, 2.05) is 4.57 Å². The lowest BCUT2D eigenvalue weighted by atomic mass is 10.4. The summed E-state index contributed by atoms with van der Waals surface area (Å²) in [7, 11) is 1.36. The van der Waals surface area contributed by atoms with Crippen molar-refractivity contribution in [2.24, 2.45) is 5.92 Å². The summed E-state index contributed by atoms with van der Waals surface area (Å²) >= 11 is 1.26. The second kappa shape index (κ2) is 5.28. The van der Waals surface area contributed by atoms with E-state index in [2.05, 4.69) is 19.7 Å². The van der Waals surface area contributed by atoms with Gasteiger partial charge in [0, 0.05) is 6.54 Å². The number of imidazole rings is 1. The number of ether oxygens (including phenoxy) is 1. The fraction of sp³-hybridized carbons (Fsp3) is 0.500. The number of fused-ring (bicyclic) bond motifs is 1. The minimum absolute atomic E-state index is 0.178. The lowest BCUT2D eigenvalue weighted by molar-refractivity contribution is -0.137. The molecule has 1 aliphatic rings. The van der Waals surface area contributed by atoms with Crippen molar-refractivity contribution < 1.29 is 9.53 Å². The van der Waals surface area contributed by atoms with Crippen molar-refractivity contribution in [3.63, 3.8) is 0 Å². The molecule has 0 radical (unpaired) electrons. The Morgan fingerprint density at radius 3 is 3.05 bits per heavy atom. The van der Waals surface area contributed by atoms with Crippen LogP contribution in [0.25, 0.3) is 11.2 Å². The maximum Gasteiger partial charge on any atom is 0.316 e. The fourth-order valence-electron chi connectivity index (χ4n) is 1.93. The third kappa shape index (κ3) is 2.69. The van der Waals surface area contributed by atoms with E-state index < -0.39 is 0 Å². The fourth-order valence-corrected chi connectivity index (χ4v) is 2.74. The molecule has 0 saturated heterocycles. The number of hydrogen-bond donors (Lipinski definition) is 1. The van der Waals surface area contributed by atoms with Gasteiger partial charge in [-0.25, -0.2) is 9.97 Å². The number of esters is 1. The van der Waals surface area contributed by atoms with Crippen LogP contribution >= 0.6 is 11.8 Å². The number of nitrogens with two attached hydrogens (primary N) is 1. The van der Waals surface area contributed by atoms with Crippen LogP contribution in [0, 0.1) is 5.92 Å². The number of rotatable bonds is 5. The summed E-state index contributed by atoms with van der Waals surface area (Å²) in [6, 6.07) is 0. The Balaban J connectivity index is 1.90. The smallest absolute Gasteiger partial charge is 0.316 e. The number of carbonyl (C=O) groups excluding carboxylic acids is 1. The van der Waals surface area contributed by atoms with Gasteiger partial charge in [0.15, 0.2) is 5.65 Å². The van der Waals surface area contributed by atoms with E-state index in [0.717, 1.165) is 18.1 Å². The van der Waals surface area contributed by atoms with E-state index in [4.69, 9.17) is 5.73 Å². The van der Waals surface area contributed by atoms with Crippen LogP contribution in [0.1, 0.15) is 12.8 Å². The topological polar surface area (TPSA) is 95.9 Å². The number of methoxy groups -OCH3 is 1. The molecule has 0 spiro atoms. The molecule has 1 fully saturated rings. The summed E-state index contributed by atoms with van der Waals surface area (Å²) in [5.41, 5.74) is 7.17. The Morgan fingerprint density at radius 2 is 2.35 bits per heavy atom. The van der Waals surface area contributed by atoms with E-state index in [9.17, 15) is 4.79 Å². The summed E-state index contributed by atoms with van der Waals surface area (Å²) in [6.07, 6.45) is 4.27. The third-order valence-corrected chi connectivity index (χ3v) is 4.09. The zero-order valence-electron chi connectivity index (χ0n) is 11.1. The molecule has 1 aliphatic carbocycles. The summed E-state index contributed by atoms with van der Waals surface area (Å²) in [5.74, 6) is 0.785. The SMILES string of the molecule is COC(=O)CSc1nc(N)nc2c1ncn2CC1CC1. The minimum atomic E-state index is -0.308. The Hall–Kier alpha value is -1.83. The maximum absolute atomic E-state index is 11.2. The summed E-state index contributed by atoms with van der Waals surface area (Å²) < 4.78 is 6.63. The summed E-state index contributed by atoms with van der Waals surface area (Å²) in [5, 5.41) is 0.618. The number of carbonyl (C=O) groups is 1. The van der Waals surface area contributed by atoms with Crippen molar-refractivity contribution in [2.45, 2.75) is 24.4 Å². The number of nitrogen functional groups attached to an aromatic ring is 1. The number of thioether (sulfide) groups is 1. The molecule has 2 aromatic heterocycles. The zero-order valence-corrected chi connectivity index (χ0v) is 11.9. The van der Waals surface area contributed by atoms with Gasteiger partial charge >= 0.3 is 5.97 Å². The van der Waals surface area contributed by atoms with Crippen LogP contribution in [0.2, 0.25) is 0 Å². The van der Waals surface area contributed by atoms with E-state index >= 15 is 0 Å². The van der Waals surface area contributed by atoms with Gasteiger partial charge in [0.25, 0.3) is 0 Å². The van der Waals surface area contributed by atoms with E-state index in [1.165, 1.54) is 31.7 Å². The monoisotopic (exact) mass is 293 g/mol. The van der Waals surface area contributed by atoms with Gasteiger partial charge in [0.2, 0.25) is 5.95 Å². The summed E-state index contributed by atoms with van der Waals surface area (Å²) in [6.45, 7) is 0.911. The Labute approximate surface area is 119 Å².